The zero-order valence-electron chi connectivity index (χ0n) is 19.3. The molecule has 0 radical (unpaired) electrons. The number of urea groups is 1. The summed E-state index contributed by atoms with van der Waals surface area (Å²) in [5.74, 6) is 0.357. The Balaban J connectivity index is 1.65. The number of amides is 2. The van der Waals surface area contributed by atoms with Crippen molar-refractivity contribution in [2.75, 3.05) is 25.0 Å². The van der Waals surface area contributed by atoms with Crippen LogP contribution in [-0.4, -0.2) is 45.2 Å². The van der Waals surface area contributed by atoms with Gasteiger partial charge in [0.25, 0.3) is 0 Å². The summed E-state index contributed by atoms with van der Waals surface area (Å²) in [5.41, 5.74) is 5.40. The lowest BCUT2D eigenvalue weighted by molar-refractivity contribution is 0.200. The first-order valence-electron chi connectivity index (χ1n) is 11.5. The molecule has 0 atom stereocenters. The van der Waals surface area contributed by atoms with Gasteiger partial charge in [-0.3, -0.25) is 4.90 Å². The molecular formula is C26H33N5O. The van der Waals surface area contributed by atoms with E-state index >= 15 is 0 Å². The van der Waals surface area contributed by atoms with Crippen LogP contribution in [0.25, 0.3) is 5.69 Å². The number of para-hydroxylation sites is 2. The molecule has 0 aliphatic carbocycles. The molecule has 0 saturated carbocycles. The molecule has 32 heavy (non-hydrogen) atoms. The molecule has 1 N–H and O–H groups in total. The van der Waals surface area contributed by atoms with Gasteiger partial charge in [-0.2, -0.15) is 5.10 Å². The minimum absolute atomic E-state index is 0.0870. The summed E-state index contributed by atoms with van der Waals surface area (Å²) in [7, 11) is 0. The van der Waals surface area contributed by atoms with Crippen LogP contribution in [0.5, 0.6) is 0 Å². The Morgan fingerprint density at radius 2 is 1.78 bits per heavy atom. The fraction of sp³-hybridized carbons (Fsp3) is 0.385. The number of fused-ring (bicyclic) bond motifs is 1. The smallest absolute Gasteiger partial charge is 0.318 e. The highest BCUT2D eigenvalue weighted by Gasteiger charge is 2.27. The van der Waals surface area contributed by atoms with Gasteiger partial charge in [0.2, 0.25) is 0 Å². The number of carbonyl (C=O) groups is 1. The van der Waals surface area contributed by atoms with Gasteiger partial charge < -0.3 is 10.2 Å². The van der Waals surface area contributed by atoms with Gasteiger partial charge >= 0.3 is 6.03 Å². The van der Waals surface area contributed by atoms with Crippen LogP contribution in [0.4, 0.5) is 10.5 Å². The highest BCUT2D eigenvalue weighted by Crippen LogP contribution is 2.26. The molecule has 4 rings (SSSR count). The molecule has 3 aromatic rings. The molecule has 0 fully saturated rings. The number of anilines is 1. The number of likely N-dealkylation sites (N-methyl/N-ethyl adjacent to an activating group) is 1. The molecule has 2 heterocycles. The fourth-order valence-electron chi connectivity index (χ4n) is 4.29. The van der Waals surface area contributed by atoms with Crippen molar-refractivity contribution in [1.29, 1.82) is 0 Å². The lowest BCUT2D eigenvalue weighted by Crippen LogP contribution is -2.38. The number of carbonyl (C=O) groups excluding carboxylic acids is 1. The number of hydrogen-bond donors (Lipinski definition) is 1. The summed E-state index contributed by atoms with van der Waals surface area (Å²) in [6.07, 6.45) is 0.964. The number of benzene rings is 2. The van der Waals surface area contributed by atoms with E-state index in [0.717, 1.165) is 43.1 Å². The first-order valence-corrected chi connectivity index (χ1v) is 11.5. The summed E-state index contributed by atoms with van der Waals surface area (Å²) < 4.78 is 2.08. The Hall–Kier alpha value is -3.12. The average molecular weight is 432 g/mol. The molecule has 2 amide bonds. The summed E-state index contributed by atoms with van der Waals surface area (Å²) in [6, 6.07) is 19.9. The maximum atomic E-state index is 13.2. The molecule has 0 bridgehead atoms. The van der Waals surface area contributed by atoms with Crippen LogP contribution < -0.4 is 5.32 Å². The largest absolute Gasteiger partial charge is 0.322 e. The molecule has 0 saturated heterocycles. The van der Waals surface area contributed by atoms with E-state index in [1.807, 2.05) is 53.4 Å². The highest BCUT2D eigenvalue weighted by atomic mass is 16.2. The van der Waals surface area contributed by atoms with E-state index in [-0.39, 0.29) is 6.03 Å². The predicted molar refractivity (Wildman–Crippen MR) is 129 cm³/mol. The molecule has 1 aliphatic heterocycles. The highest BCUT2D eigenvalue weighted by molar-refractivity contribution is 5.89. The van der Waals surface area contributed by atoms with Crippen LogP contribution in [0.15, 0.2) is 60.7 Å². The van der Waals surface area contributed by atoms with Gasteiger partial charge in [-0.15, -0.1) is 0 Å². The summed E-state index contributed by atoms with van der Waals surface area (Å²) >= 11 is 0. The summed E-state index contributed by atoms with van der Waals surface area (Å²) in [6.45, 7) is 10.6. The van der Waals surface area contributed by atoms with E-state index in [9.17, 15) is 4.79 Å². The van der Waals surface area contributed by atoms with E-state index in [0.29, 0.717) is 19.0 Å². The van der Waals surface area contributed by atoms with Crippen LogP contribution in [0.3, 0.4) is 0 Å². The minimum Gasteiger partial charge on any atom is -0.318 e. The van der Waals surface area contributed by atoms with Crippen molar-refractivity contribution in [1.82, 2.24) is 19.6 Å². The molecular weight excluding hydrogens is 398 g/mol. The molecule has 1 aromatic heterocycles. The van der Waals surface area contributed by atoms with Crippen LogP contribution in [0.1, 0.15) is 37.7 Å². The van der Waals surface area contributed by atoms with Crippen LogP contribution >= 0.6 is 0 Å². The molecule has 0 unspecified atom stereocenters. The number of aromatic nitrogens is 2. The number of hydrogen-bond acceptors (Lipinski definition) is 3. The van der Waals surface area contributed by atoms with Crippen molar-refractivity contribution in [2.24, 2.45) is 5.92 Å². The predicted octanol–water partition coefficient (Wildman–Crippen LogP) is 4.94. The maximum absolute atomic E-state index is 13.2. The second kappa shape index (κ2) is 10.0. The second-order valence-corrected chi connectivity index (χ2v) is 8.81. The van der Waals surface area contributed by atoms with Crippen molar-refractivity contribution in [3.63, 3.8) is 0 Å². The third kappa shape index (κ3) is 5.02. The van der Waals surface area contributed by atoms with Crippen molar-refractivity contribution < 1.29 is 4.79 Å². The van der Waals surface area contributed by atoms with E-state index in [1.54, 1.807) is 0 Å². The minimum atomic E-state index is -0.0870. The Kier molecular flexibility index (Phi) is 6.90. The zero-order chi connectivity index (χ0) is 22.5. The van der Waals surface area contributed by atoms with Gasteiger partial charge in [0.1, 0.15) is 0 Å². The van der Waals surface area contributed by atoms with Gasteiger partial charge in [-0.05, 0) is 36.7 Å². The first-order chi connectivity index (χ1) is 15.5. The van der Waals surface area contributed by atoms with E-state index in [2.05, 4.69) is 47.8 Å². The van der Waals surface area contributed by atoms with E-state index in [1.165, 1.54) is 11.3 Å². The quantitative estimate of drug-likeness (QED) is 0.576. The summed E-state index contributed by atoms with van der Waals surface area (Å²) in [4.78, 5) is 17.5. The SMILES string of the molecule is CCN1CCc2c(c(CN(CC(C)C)C(=O)Nc3ccccc3)nn2-c2ccccc2)C1. The van der Waals surface area contributed by atoms with Gasteiger partial charge in [-0.1, -0.05) is 57.2 Å². The Bertz CT molecular complexity index is 1030. The molecule has 0 spiro atoms. The number of nitrogens with one attached hydrogen (secondary N) is 1. The zero-order valence-corrected chi connectivity index (χ0v) is 19.3. The molecule has 6 heteroatoms. The van der Waals surface area contributed by atoms with Crippen molar-refractivity contribution >= 4 is 11.7 Å². The Morgan fingerprint density at radius 3 is 2.44 bits per heavy atom. The number of nitrogens with zero attached hydrogens (tertiary/aromatic N) is 4. The van der Waals surface area contributed by atoms with Crippen molar-refractivity contribution in [3.05, 3.63) is 77.6 Å². The van der Waals surface area contributed by atoms with E-state index in [4.69, 9.17) is 5.10 Å². The van der Waals surface area contributed by atoms with E-state index < -0.39 is 0 Å². The second-order valence-electron chi connectivity index (χ2n) is 8.81. The maximum Gasteiger partial charge on any atom is 0.322 e. The molecule has 1 aliphatic rings. The van der Waals surface area contributed by atoms with Crippen LogP contribution in [-0.2, 0) is 19.5 Å². The van der Waals surface area contributed by atoms with Crippen LogP contribution in [0, 0.1) is 5.92 Å². The Labute approximate surface area is 190 Å². The third-order valence-electron chi connectivity index (χ3n) is 5.91. The van der Waals surface area contributed by atoms with Crippen molar-refractivity contribution in [2.45, 2.75) is 40.3 Å². The normalized spacial score (nSPS) is 13.8. The lowest BCUT2D eigenvalue weighted by Gasteiger charge is -2.28. The van der Waals surface area contributed by atoms with Crippen LogP contribution in [0.2, 0.25) is 0 Å². The monoisotopic (exact) mass is 431 g/mol. The third-order valence-corrected chi connectivity index (χ3v) is 5.91. The number of rotatable bonds is 7. The molecule has 6 nitrogen and oxygen atoms in total. The standard InChI is InChI=1S/C26H33N5O/c1-4-29-16-15-25-23(18-29)24(28-31(25)22-13-9-6-10-14-22)19-30(17-20(2)3)26(32)27-21-11-7-5-8-12-21/h5-14,20H,4,15-19H2,1-3H3,(H,27,32). The van der Waals surface area contributed by atoms with Crippen molar-refractivity contribution in [3.8, 4) is 5.69 Å². The summed E-state index contributed by atoms with van der Waals surface area (Å²) in [5, 5.41) is 8.08. The first kappa shape index (κ1) is 22.1. The lowest BCUT2D eigenvalue weighted by atomic mass is 10.0. The van der Waals surface area contributed by atoms with Gasteiger partial charge in [0, 0.05) is 37.3 Å². The van der Waals surface area contributed by atoms with Gasteiger partial charge in [0.05, 0.1) is 23.6 Å². The van der Waals surface area contributed by atoms with Gasteiger partial charge in [0.15, 0.2) is 0 Å². The fourth-order valence-corrected chi connectivity index (χ4v) is 4.29. The average Bonchev–Trinajstić information content (AvgIpc) is 3.17. The topological polar surface area (TPSA) is 53.4 Å². The van der Waals surface area contributed by atoms with Gasteiger partial charge in [-0.25, -0.2) is 9.48 Å². The molecule has 168 valence electrons. The Morgan fingerprint density at radius 1 is 1.09 bits per heavy atom. The molecule has 2 aromatic carbocycles.